The van der Waals surface area contributed by atoms with E-state index in [9.17, 15) is 14.4 Å². The highest BCUT2D eigenvalue weighted by Gasteiger charge is 2.41. The van der Waals surface area contributed by atoms with Crippen LogP contribution >= 0.6 is 0 Å². The lowest BCUT2D eigenvalue weighted by Gasteiger charge is -2.34. The third-order valence-electron chi connectivity index (χ3n) is 6.90. The number of ether oxygens (including phenoxy) is 1. The third kappa shape index (κ3) is 6.12. The van der Waals surface area contributed by atoms with Gasteiger partial charge in [-0.05, 0) is 68.7 Å². The number of nitrogens with one attached hydrogen (secondary N) is 3. The molecule has 3 amide bonds. The molecule has 2 heterocycles. The van der Waals surface area contributed by atoms with Crippen LogP contribution in [0.3, 0.4) is 0 Å². The molecule has 39 heavy (non-hydrogen) atoms. The number of hydrogen-bond acceptors (Lipinski definition) is 7. The van der Waals surface area contributed by atoms with Crippen LogP contribution in [0.1, 0.15) is 43.6 Å². The van der Waals surface area contributed by atoms with Crippen LogP contribution in [0.2, 0.25) is 0 Å². The second-order valence-electron chi connectivity index (χ2n) is 9.57. The Labute approximate surface area is 227 Å². The smallest absolute Gasteiger partial charge is 0.325 e. The number of rotatable bonds is 9. The van der Waals surface area contributed by atoms with Crippen molar-refractivity contribution in [2.24, 2.45) is 7.05 Å². The topological polar surface area (TPSA) is 141 Å². The molecule has 1 unspecified atom stereocenters. The van der Waals surface area contributed by atoms with Crippen LogP contribution in [0.15, 0.2) is 42.5 Å². The predicted molar refractivity (Wildman–Crippen MR) is 146 cm³/mol. The number of urea groups is 1. The monoisotopic (exact) mass is 531 g/mol. The highest BCUT2D eigenvalue weighted by atomic mass is 16.5. The fraction of sp³-hybridized carbons (Fsp3) is 0.393. The molecule has 204 valence electrons. The van der Waals surface area contributed by atoms with Crippen molar-refractivity contribution in [3.05, 3.63) is 59.4 Å². The maximum Gasteiger partial charge on any atom is 0.325 e. The first-order valence-electron chi connectivity index (χ1n) is 13.0. The minimum atomic E-state index is -1.38. The van der Waals surface area contributed by atoms with Crippen molar-refractivity contribution in [2.75, 3.05) is 31.6 Å². The first-order chi connectivity index (χ1) is 18.7. The van der Waals surface area contributed by atoms with Gasteiger partial charge in [0.15, 0.2) is 0 Å². The molecule has 1 aliphatic heterocycles. The lowest BCUT2D eigenvalue weighted by Crippen LogP contribution is -2.57. The van der Waals surface area contributed by atoms with E-state index >= 15 is 0 Å². The van der Waals surface area contributed by atoms with Crippen molar-refractivity contribution in [2.45, 2.75) is 38.8 Å². The number of imidazole rings is 1. The van der Waals surface area contributed by atoms with Crippen molar-refractivity contribution >= 4 is 34.6 Å². The summed E-state index contributed by atoms with van der Waals surface area (Å²) in [6.45, 7) is 4.96. The second-order valence-corrected chi connectivity index (χ2v) is 9.57. The molecule has 0 spiro atoms. The Morgan fingerprint density at radius 3 is 2.51 bits per heavy atom. The summed E-state index contributed by atoms with van der Waals surface area (Å²) in [5.41, 5.74) is 2.21. The van der Waals surface area contributed by atoms with Gasteiger partial charge >= 0.3 is 12.0 Å². The molecule has 1 aromatic heterocycles. The number of carbonyl (C=O) groups is 3. The number of benzene rings is 2. The zero-order valence-electron chi connectivity index (χ0n) is 22.4. The number of fused-ring (bicyclic) bond motifs is 1. The Morgan fingerprint density at radius 2 is 1.85 bits per heavy atom. The zero-order valence-corrected chi connectivity index (χ0v) is 22.4. The molecule has 0 aliphatic carbocycles. The molecule has 3 N–H and O–H groups in total. The van der Waals surface area contributed by atoms with Gasteiger partial charge in [-0.25, -0.2) is 9.78 Å². The van der Waals surface area contributed by atoms with Gasteiger partial charge in [0.05, 0.1) is 35.8 Å². The number of esters is 1. The summed E-state index contributed by atoms with van der Waals surface area (Å²) >= 11 is 0. The summed E-state index contributed by atoms with van der Waals surface area (Å²) in [6, 6.07) is 14.2. The summed E-state index contributed by atoms with van der Waals surface area (Å²) < 4.78 is 6.84. The molecule has 11 heteroatoms. The maximum absolute atomic E-state index is 13.7. The SMILES string of the molecule is CCOC(=O)CNC(=O)NC(C)(C(=O)N1CCCC1)c1ccc2c(c1)nc(CNc1ccc(C#N)cc1)n2C. The Balaban J connectivity index is 1.58. The molecule has 1 saturated heterocycles. The van der Waals surface area contributed by atoms with Gasteiger partial charge in [-0.15, -0.1) is 0 Å². The number of carbonyl (C=O) groups excluding carboxylic acids is 3. The van der Waals surface area contributed by atoms with Crippen molar-refractivity contribution < 1.29 is 19.1 Å². The largest absolute Gasteiger partial charge is 0.465 e. The van der Waals surface area contributed by atoms with Crippen LogP contribution in [0.25, 0.3) is 11.0 Å². The van der Waals surface area contributed by atoms with Gasteiger partial charge < -0.3 is 30.2 Å². The fourth-order valence-corrected chi connectivity index (χ4v) is 4.68. The van der Waals surface area contributed by atoms with E-state index in [0.29, 0.717) is 36.3 Å². The van der Waals surface area contributed by atoms with Crippen LogP contribution in [0.5, 0.6) is 0 Å². The Hall–Kier alpha value is -4.59. The Bertz CT molecular complexity index is 1400. The highest BCUT2D eigenvalue weighted by Crippen LogP contribution is 2.29. The summed E-state index contributed by atoms with van der Waals surface area (Å²) in [4.78, 5) is 44.7. The first-order valence-corrected chi connectivity index (χ1v) is 13.0. The predicted octanol–water partition coefficient (Wildman–Crippen LogP) is 2.76. The van der Waals surface area contributed by atoms with Gasteiger partial charge in [-0.3, -0.25) is 9.59 Å². The fourth-order valence-electron chi connectivity index (χ4n) is 4.68. The van der Waals surface area contributed by atoms with Crippen LogP contribution in [0.4, 0.5) is 10.5 Å². The van der Waals surface area contributed by atoms with Crippen LogP contribution in [0, 0.1) is 11.3 Å². The summed E-state index contributed by atoms with van der Waals surface area (Å²) in [7, 11) is 1.92. The average molecular weight is 532 g/mol. The van der Waals surface area contributed by atoms with Crippen molar-refractivity contribution in [1.82, 2.24) is 25.1 Å². The van der Waals surface area contributed by atoms with Gasteiger partial charge in [0.25, 0.3) is 5.91 Å². The van der Waals surface area contributed by atoms with E-state index in [1.54, 1.807) is 30.9 Å². The normalized spacial score (nSPS) is 14.4. The molecule has 11 nitrogen and oxygen atoms in total. The molecular formula is C28H33N7O4. The van der Waals surface area contributed by atoms with Gasteiger partial charge in [0.2, 0.25) is 0 Å². The van der Waals surface area contributed by atoms with Gasteiger partial charge in [0, 0.05) is 25.8 Å². The number of anilines is 1. The summed E-state index contributed by atoms with van der Waals surface area (Å²) in [6.07, 6.45) is 1.82. The lowest BCUT2D eigenvalue weighted by molar-refractivity contribution is -0.141. The van der Waals surface area contributed by atoms with E-state index in [2.05, 4.69) is 22.0 Å². The van der Waals surface area contributed by atoms with E-state index in [1.165, 1.54) is 0 Å². The Kier molecular flexibility index (Phi) is 8.34. The van der Waals surface area contributed by atoms with E-state index in [1.807, 2.05) is 41.9 Å². The summed E-state index contributed by atoms with van der Waals surface area (Å²) in [5, 5.41) is 17.6. The number of nitrogens with zero attached hydrogens (tertiary/aromatic N) is 4. The molecular weight excluding hydrogens is 498 g/mol. The maximum atomic E-state index is 13.7. The molecule has 3 aromatic rings. The molecule has 1 aliphatic rings. The minimum Gasteiger partial charge on any atom is -0.465 e. The van der Waals surface area contributed by atoms with E-state index in [0.717, 1.165) is 29.9 Å². The van der Waals surface area contributed by atoms with Crippen molar-refractivity contribution in [3.63, 3.8) is 0 Å². The van der Waals surface area contributed by atoms with Crippen LogP contribution < -0.4 is 16.0 Å². The van der Waals surface area contributed by atoms with Crippen molar-refractivity contribution in [1.29, 1.82) is 5.26 Å². The Morgan fingerprint density at radius 1 is 1.13 bits per heavy atom. The second kappa shape index (κ2) is 11.9. The van der Waals surface area contributed by atoms with E-state index in [4.69, 9.17) is 15.0 Å². The standard InChI is InChI=1S/C28H33N7O4/c1-4-39-25(36)18-31-27(38)33-28(2,26(37)35-13-5-6-14-35)20-9-12-23-22(15-20)32-24(34(23)3)17-30-21-10-7-19(16-29)8-11-21/h7-12,15,30H,4-6,13-14,17-18H2,1-3H3,(H2,31,33,38). The zero-order chi connectivity index (χ0) is 28.0. The quantitative estimate of drug-likeness (QED) is 0.361. The summed E-state index contributed by atoms with van der Waals surface area (Å²) in [5.74, 6) is 0.000709. The molecule has 0 saturated carbocycles. The van der Waals surface area contributed by atoms with Gasteiger partial charge in [-0.2, -0.15) is 5.26 Å². The van der Waals surface area contributed by atoms with Crippen molar-refractivity contribution in [3.8, 4) is 6.07 Å². The number of likely N-dealkylation sites (tertiary alicyclic amines) is 1. The third-order valence-corrected chi connectivity index (χ3v) is 6.90. The highest BCUT2D eigenvalue weighted by molar-refractivity contribution is 5.93. The first kappa shape index (κ1) is 27.4. The van der Waals surface area contributed by atoms with E-state index < -0.39 is 17.5 Å². The molecule has 1 atom stereocenters. The molecule has 0 bridgehead atoms. The number of amides is 3. The number of hydrogen-bond donors (Lipinski definition) is 3. The molecule has 4 rings (SSSR count). The van der Waals surface area contributed by atoms with E-state index in [-0.39, 0.29) is 19.1 Å². The molecule has 0 radical (unpaired) electrons. The average Bonchev–Trinajstić information content (AvgIpc) is 3.59. The van der Waals surface area contributed by atoms with Crippen LogP contribution in [-0.4, -0.2) is 58.6 Å². The lowest BCUT2D eigenvalue weighted by atomic mass is 9.90. The van der Waals surface area contributed by atoms with Crippen LogP contribution in [-0.2, 0) is 33.5 Å². The number of aryl methyl sites for hydroxylation is 1. The number of nitriles is 1. The molecule has 1 fully saturated rings. The minimum absolute atomic E-state index is 0.211. The van der Waals surface area contributed by atoms with Gasteiger partial charge in [-0.1, -0.05) is 6.07 Å². The van der Waals surface area contributed by atoms with Gasteiger partial charge in [0.1, 0.15) is 17.9 Å². The molecule has 2 aromatic carbocycles. The number of aromatic nitrogens is 2.